The zero-order valence-electron chi connectivity index (χ0n) is 13.1. The lowest BCUT2D eigenvalue weighted by atomic mass is 9.98. The van der Waals surface area contributed by atoms with Crippen molar-refractivity contribution >= 4 is 15.7 Å². The first-order valence-electron chi connectivity index (χ1n) is 7.45. The molecule has 1 unspecified atom stereocenters. The van der Waals surface area contributed by atoms with Gasteiger partial charge in [0.15, 0.2) is 0 Å². The van der Waals surface area contributed by atoms with Crippen LogP contribution >= 0.6 is 0 Å². The Bertz CT molecular complexity index is 886. The minimum absolute atomic E-state index is 0.194. The highest BCUT2D eigenvalue weighted by Crippen LogP contribution is 2.24. The van der Waals surface area contributed by atoms with Crippen molar-refractivity contribution in [1.29, 1.82) is 5.26 Å². The number of nitrogens with zero attached hydrogens (tertiary/aromatic N) is 1. The molecule has 2 N–H and O–H groups in total. The number of ether oxygens (including phenoxy) is 1. The summed E-state index contributed by atoms with van der Waals surface area (Å²) in [5.74, 6) is 0.603. The van der Waals surface area contributed by atoms with E-state index in [0.717, 1.165) is 11.3 Å². The Balaban J connectivity index is 1.77. The van der Waals surface area contributed by atoms with Gasteiger partial charge >= 0.3 is 0 Å². The summed E-state index contributed by atoms with van der Waals surface area (Å²) in [6.07, 6.45) is 0.535. The average Bonchev–Trinajstić information content (AvgIpc) is 2.60. The van der Waals surface area contributed by atoms with Crippen molar-refractivity contribution in [2.24, 2.45) is 0 Å². The molecule has 2 aromatic rings. The van der Waals surface area contributed by atoms with Crippen LogP contribution in [-0.4, -0.2) is 28.1 Å². The number of benzene rings is 2. The first-order chi connectivity index (χ1) is 11.5. The summed E-state index contributed by atoms with van der Waals surface area (Å²) in [6.45, 7) is 0.494. The number of rotatable bonds is 4. The molecule has 24 heavy (non-hydrogen) atoms. The van der Waals surface area contributed by atoms with Gasteiger partial charge in [0.25, 0.3) is 0 Å². The number of anilines is 1. The first kappa shape index (κ1) is 16.3. The Morgan fingerprint density at radius 2 is 2.00 bits per heavy atom. The van der Waals surface area contributed by atoms with Crippen LogP contribution in [0.25, 0.3) is 0 Å². The van der Waals surface area contributed by atoms with E-state index in [1.807, 2.05) is 6.07 Å². The van der Waals surface area contributed by atoms with Gasteiger partial charge in [0, 0.05) is 18.3 Å². The van der Waals surface area contributed by atoms with Crippen molar-refractivity contribution < 1.29 is 13.2 Å². The molecule has 0 fully saturated rings. The van der Waals surface area contributed by atoms with E-state index in [-0.39, 0.29) is 10.9 Å². The van der Waals surface area contributed by atoms with Crippen LogP contribution in [0, 0.1) is 11.3 Å². The maximum Gasteiger partial charge on any atom is 0.240 e. The maximum atomic E-state index is 12.5. The molecule has 1 heterocycles. The Morgan fingerprint density at radius 1 is 1.25 bits per heavy atom. The summed E-state index contributed by atoms with van der Waals surface area (Å²) in [4.78, 5) is 0.194. The van der Waals surface area contributed by atoms with Gasteiger partial charge in [-0.15, -0.1) is 0 Å². The lowest BCUT2D eigenvalue weighted by Gasteiger charge is -2.27. The van der Waals surface area contributed by atoms with Crippen LogP contribution in [-0.2, 0) is 16.4 Å². The monoisotopic (exact) mass is 343 g/mol. The molecule has 7 heteroatoms. The normalized spacial score (nSPS) is 16.6. The summed E-state index contributed by atoms with van der Waals surface area (Å²) in [6, 6.07) is 13.5. The van der Waals surface area contributed by atoms with E-state index < -0.39 is 10.0 Å². The third-order valence-corrected chi connectivity index (χ3v) is 5.47. The fourth-order valence-electron chi connectivity index (χ4n) is 2.70. The highest BCUT2D eigenvalue weighted by atomic mass is 32.2. The molecule has 2 aromatic carbocycles. The SMILES string of the molecule is COc1ccc(S(=O)(=O)NC2CNc3ccc(C#N)cc3C2)cc1. The number of methoxy groups -OCH3 is 1. The van der Waals surface area contributed by atoms with E-state index >= 15 is 0 Å². The number of nitriles is 1. The van der Waals surface area contributed by atoms with E-state index in [4.69, 9.17) is 10.00 Å². The zero-order valence-corrected chi connectivity index (χ0v) is 13.9. The molecule has 124 valence electrons. The topological polar surface area (TPSA) is 91.2 Å². The minimum atomic E-state index is -3.61. The number of sulfonamides is 1. The molecule has 1 aliphatic rings. The Labute approximate surface area is 141 Å². The standard InChI is InChI=1S/C17H17N3O3S/c1-23-15-3-5-16(6-4-15)24(21,22)20-14-9-13-8-12(10-18)2-7-17(13)19-11-14/h2-8,14,19-20H,9,11H2,1H3. The molecule has 0 radical (unpaired) electrons. The van der Waals surface area contributed by atoms with Gasteiger partial charge in [-0.05, 0) is 54.4 Å². The molecule has 1 atom stereocenters. The van der Waals surface area contributed by atoms with Crippen LogP contribution < -0.4 is 14.8 Å². The van der Waals surface area contributed by atoms with Gasteiger partial charge in [-0.2, -0.15) is 5.26 Å². The van der Waals surface area contributed by atoms with E-state index in [2.05, 4.69) is 16.1 Å². The Kier molecular flexibility index (Phi) is 4.42. The predicted octanol–water partition coefficient (Wildman–Crippen LogP) is 1.88. The molecule has 0 saturated heterocycles. The van der Waals surface area contributed by atoms with Crippen molar-refractivity contribution in [2.45, 2.75) is 17.4 Å². The van der Waals surface area contributed by atoms with Gasteiger partial charge < -0.3 is 10.1 Å². The minimum Gasteiger partial charge on any atom is -0.497 e. The molecule has 3 rings (SSSR count). The summed E-state index contributed by atoms with van der Waals surface area (Å²) in [5, 5.41) is 12.2. The Morgan fingerprint density at radius 3 is 2.67 bits per heavy atom. The van der Waals surface area contributed by atoms with Crippen molar-refractivity contribution in [1.82, 2.24) is 4.72 Å². The first-order valence-corrected chi connectivity index (χ1v) is 8.93. The molecular weight excluding hydrogens is 326 g/mol. The quantitative estimate of drug-likeness (QED) is 0.884. The summed E-state index contributed by atoms with van der Waals surface area (Å²) >= 11 is 0. The molecule has 0 amide bonds. The zero-order chi connectivity index (χ0) is 17.2. The lowest BCUT2D eigenvalue weighted by Crippen LogP contribution is -2.43. The van der Waals surface area contributed by atoms with Crippen LogP contribution in [0.3, 0.4) is 0 Å². The van der Waals surface area contributed by atoms with Gasteiger partial charge in [-0.3, -0.25) is 0 Å². The number of hydrogen-bond donors (Lipinski definition) is 2. The largest absolute Gasteiger partial charge is 0.497 e. The van der Waals surface area contributed by atoms with Gasteiger partial charge in [-0.25, -0.2) is 13.1 Å². The lowest BCUT2D eigenvalue weighted by molar-refractivity contribution is 0.414. The fraction of sp³-hybridized carbons (Fsp3) is 0.235. The van der Waals surface area contributed by atoms with Crippen LogP contribution in [0.5, 0.6) is 5.75 Å². The average molecular weight is 343 g/mol. The van der Waals surface area contributed by atoms with E-state index in [0.29, 0.717) is 24.3 Å². The van der Waals surface area contributed by atoms with Crippen molar-refractivity contribution in [3.8, 4) is 11.8 Å². The molecule has 0 spiro atoms. The second-order valence-corrected chi connectivity index (χ2v) is 7.28. The van der Waals surface area contributed by atoms with E-state index in [1.54, 1.807) is 24.3 Å². The fourth-order valence-corrected chi connectivity index (χ4v) is 3.94. The molecule has 1 aliphatic heterocycles. The molecule has 0 aromatic heterocycles. The van der Waals surface area contributed by atoms with Crippen LogP contribution in [0.1, 0.15) is 11.1 Å². The van der Waals surface area contributed by atoms with E-state index in [1.165, 1.54) is 19.2 Å². The van der Waals surface area contributed by atoms with Gasteiger partial charge in [0.2, 0.25) is 10.0 Å². The summed E-state index contributed by atoms with van der Waals surface area (Å²) in [5.41, 5.74) is 2.44. The Hall–Kier alpha value is -2.56. The van der Waals surface area contributed by atoms with Crippen molar-refractivity contribution in [2.75, 3.05) is 19.0 Å². The van der Waals surface area contributed by atoms with Crippen LogP contribution in [0.15, 0.2) is 47.4 Å². The van der Waals surface area contributed by atoms with E-state index in [9.17, 15) is 8.42 Å². The van der Waals surface area contributed by atoms with Gasteiger partial charge in [-0.1, -0.05) is 0 Å². The molecule has 0 aliphatic carbocycles. The van der Waals surface area contributed by atoms with Crippen molar-refractivity contribution in [3.05, 3.63) is 53.6 Å². The predicted molar refractivity (Wildman–Crippen MR) is 90.5 cm³/mol. The number of hydrogen-bond acceptors (Lipinski definition) is 5. The van der Waals surface area contributed by atoms with Crippen molar-refractivity contribution in [3.63, 3.8) is 0 Å². The van der Waals surface area contributed by atoms with Gasteiger partial charge in [0.1, 0.15) is 5.75 Å². The van der Waals surface area contributed by atoms with Gasteiger partial charge in [0.05, 0.1) is 23.6 Å². The molecule has 0 bridgehead atoms. The van der Waals surface area contributed by atoms with Crippen LogP contribution in [0.2, 0.25) is 0 Å². The molecule has 6 nitrogen and oxygen atoms in total. The molecular formula is C17H17N3O3S. The number of fused-ring (bicyclic) bond motifs is 1. The second kappa shape index (κ2) is 6.51. The number of nitrogens with one attached hydrogen (secondary N) is 2. The maximum absolute atomic E-state index is 12.5. The third-order valence-electron chi connectivity index (χ3n) is 3.93. The molecule has 0 saturated carbocycles. The second-order valence-electron chi connectivity index (χ2n) is 5.56. The van der Waals surface area contributed by atoms with Crippen LogP contribution in [0.4, 0.5) is 5.69 Å². The highest BCUT2D eigenvalue weighted by molar-refractivity contribution is 7.89. The summed E-state index contributed by atoms with van der Waals surface area (Å²) < 4.78 is 32.8. The third kappa shape index (κ3) is 3.35. The highest BCUT2D eigenvalue weighted by Gasteiger charge is 2.24. The smallest absolute Gasteiger partial charge is 0.240 e. The summed E-state index contributed by atoms with van der Waals surface area (Å²) in [7, 11) is -2.08.